The summed E-state index contributed by atoms with van der Waals surface area (Å²) in [6.45, 7) is 3.39. The highest BCUT2D eigenvalue weighted by molar-refractivity contribution is 5.95. The fourth-order valence-electron chi connectivity index (χ4n) is 5.72. The van der Waals surface area contributed by atoms with Crippen molar-refractivity contribution in [2.24, 2.45) is 11.7 Å². The van der Waals surface area contributed by atoms with E-state index in [1.165, 1.54) is 37.9 Å². The summed E-state index contributed by atoms with van der Waals surface area (Å²) in [5, 5.41) is 9.99. The Morgan fingerprint density at radius 2 is 1.91 bits per heavy atom. The number of nitrogens with one attached hydrogen (secondary N) is 1. The Labute approximate surface area is 200 Å². The molecule has 2 fully saturated rings. The van der Waals surface area contributed by atoms with Gasteiger partial charge >= 0.3 is 5.97 Å². The zero-order valence-corrected chi connectivity index (χ0v) is 19.5. The summed E-state index contributed by atoms with van der Waals surface area (Å²) >= 11 is 0. The fraction of sp³-hybridized carbons (Fsp3) is 0.429. The molecule has 3 aliphatic rings. The van der Waals surface area contributed by atoms with Crippen LogP contribution in [0, 0.1) is 5.92 Å². The first-order chi connectivity index (χ1) is 16.6. The minimum atomic E-state index is -0.884. The molecule has 3 heterocycles. The SMILES string of the molecule is NC(c1[nH]c2c(c1C(=O)O)CCc1cnc(-c3ccc(CN4CCCCC4)cc3)cc1-2)C1CC1. The fourth-order valence-corrected chi connectivity index (χ4v) is 5.72. The van der Waals surface area contributed by atoms with Crippen LogP contribution in [-0.4, -0.2) is 39.0 Å². The van der Waals surface area contributed by atoms with Gasteiger partial charge in [0.05, 0.1) is 17.0 Å². The third-order valence-electron chi connectivity index (χ3n) is 7.81. The van der Waals surface area contributed by atoms with E-state index in [4.69, 9.17) is 10.7 Å². The smallest absolute Gasteiger partial charge is 0.337 e. The van der Waals surface area contributed by atoms with Crippen molar-refractivity contribution in [1.82, 2.24) is 14.9 Å². The predicted molar refractivity (Wildman–Crippen MR) is 133 cm³/mol. The van der Waals surface area contributed by atoms with Gasteiger partial charge < -0.3 is 15.8 Å². The van der Waals surface area contributed by atoms with Crippen LogP contribution in [-0.2, 0) is 19.4 Å². The van der Waals surface area contributed by atoms with Crippen molar-refractivity contribution >= 4 is 5.97 Å². The molecular weight excluding hydrogens is 424 g/mol. The van der Waals surface area contributed by atoms with Gasteiger partial charge in [-0.1, -0.05) is 30.7 Å². The molecule has 1 atom stereocenters. The summed E-state index contributed by atoms with van der Waals surface area (Å²) in [6.07, 6.45) is 9.54. The number of likely N-dealkylation sites (tertiary alicyclic amines) is 1. The molecular formula is C28H32N4O2. The van der Waals surface area contributed by atoms with E-state index in [1.807, 2.05) is 6.20 Å². The van der Waals surface area contributed by atoms with Crippen molar-refractivity contribution in [2.45, 2.75) is 57.5 Å². The number of carbonyl (C=O) groups is 1. The number of carboxylic acid groups (broad SMARTS) is 1. The van der Waals surface area contributed by atoms with Crippen molar-refractivity contribution in [3.8, 4) is 22.5 Å². The van der Waals surface area contributed by atoms with Crippen LogP contribution in [0.1, 0.15) is 70.9 Å². The second-order valence-electron chi connectivity index (χ2n) is 10.2. The Balaban J connectivity index is 1.32. The number of aromatic nitrogens is 2. The van der Waals surface area contributed by atoms with Crippen molar-refractivity contribution < 1.29 is 9.90 Å². The van der Waals surface area contributed by atoms with Crippen molar-refractivity contribution in [1.29, 1.82) is 0 Å². The van der Waals surface area contributed by atoms with Gasteiger partial charge in [0.2, 0.25) is 0 Å². The van der Waals surface area contributed by atoms with E-state index < -0.39 is 5.97 Å². The van der Waals surface area contributed by atoms with E-state index in [0.717, 1.165) is 59.4 Å². The standard InChI is InChI=1S/C28H32N4O2/c29-25(19-8-9-19)27-24(28(33)34)21-11-10-20-15-30-23(14-22(20)26(21)31-27)18-6-4-17(5-7-18)16-32-12-2-1-3-13-32/h4-7,14-15,19,25,31H,1-3,8-13,16,29H2,(H,33,34). The summed E-state index contributed by atoms with van der Waals surface area (Å²) in [7, 11) is 0. The van der Waals surface area contributed by atoms with Crippen LogP contribution in [0.3, 0.4) is 0 Å². The van der Waals surface area contributed by atoms with E-state index in [2.05, 4.69) is 40.2 Å². The van der Waals surface area contributed by atoms with Gasteiger partial charge in [0.15, 0.2) is 0 Å². The molecule has 2 aliphatic carbocycles. The second kappa shape index (κ2) is 8.67. The largest absolute Gasteiger partial charge is 0.478 e. The number of fused-ring (bicyclic) bond motifs is 3. The number of hydrogen-bond donors (Lipinski definition) is 3. The van der Waals surface area contributed by atoms with Gasteiger partial charge in [0.1, 0.15) is 0 Å². The zero-order valence-electron chi connectivity index (χ0n) is 19.5. The Bertz CT molecular complexity index is 1220. The molecule has 2 aromatic heterocycles. The molecule has 0 amide bonds. The number of aromatic carboxylic acids is 1. The first-order valence-electron chi connectivity index (χ1n) is 12.6. The lowest BCUT2D eigenvalue weighted by atomic mass is 9.88. The molecule has 3 aromatic rings. The first kappa shape index (κ1) is 21.6. The number of H-pyrrole nitrogens is 1. The van der Waals surface area contributed by atoms with Crippen molar-refractivity contribution in [3.05, 3.63) is 64.5 Å². The first-order valence-corrected chi connectivity index (χ1v) is 12.6. The predicted octanol–water partition coefficient (Wildman–Crippen LogP) is 4.94. The van der Waals surface area contributed by atoms with E-state index in [9.17, 15) is 9.90 Å². The van der Waals surface area contributed by atoms with Gasteiger partial charge in [-0.2, -0.15) is 0 Å². The third-order valence-corrected chi connectivity index (χ3v) is 7.81. The maximum atomic E-state index is 12.2. The summed E-state index contributed by atoms with van der Waals surface area (Å²) < 4.78 is 0. The van der Waals surface area contributed by atoms with Gasteiger partial charge in [-0.3, -0.25) is 9.88 Å². The zero-order chi connectivity index (χ0) is 23.2. The molecule has 1 aliphatic heterocycles. The highest BCUT2D eigenvalue weighted by Gasteiger charge is 2.36. The maximum absolute atomic E-state index is 12.2. The average Bonchev–Trinajstić information content (AvgIpc) is 3.63. The van der Waals surface area contributed by atoms with E-state index in [-0.39, 0.29) is 6.04 Å². The monoisotopic (exact) mass is 456 g/mol. The lowest BCUT2D eigenvalue weighted by molar-refractivity contribution is 0.0694. The molecule has 1 aromatic carbocycles. The van der Waals surface area contributed by atoms with Gasteiger partial charge in [0, 0.05) is 35.6 Å². The van der Waals surface area contributed by atoms with Crippen LogP contribution in [0.15, 0.2) is 36.5 Å². The summed E-state index contributed by atoms with van der Waals surface area (Å²) in [6, 6.07) is 10.6. The van der Waals surface area contributed by atoms with Crippen LogP contribution in [0.5, 0.6) is 0 Å². The molecule has 0 bridgehead atoms. The number of benzene rings is 1. The molecule has 34 heavy (non-hydrogen) atoms. The molecule has 1 unspecified atom stereocenters. The Hall–Kier alpha value is -2.96. The van der Waals surface area contributed by atoms with Gasteiger partial charge in [-0.15, -0.1) is 0 Å². The van der Waals surface area contributed by atoms with Crippen molar-refractivity contribution in [3.63, 3.8) is 0 Å². The number of pyridine rings is 1. The normalized spacial score (nSPS) is 18.9. The highest BCUT2D eigenvalue weighted by Crippen LogP contribution is 2.44. The van der Waals surface area contributed by atoms with Crippen LogP contribution < -0.4 is 5.73 Å². The van der Waals surface area contributed by atoms with Crippen molar-refractivity contribution in [2.75, 3.05) is 13.1 Å². The number of carboxylic acids is 1. The maximum Gasteiger partial charge on any atom is 0.337 e. The number of hydrogen-bond acceptors (Lipinski definition) is 4. The third kappa shape index (κ3) is 3.95. The number of aryl methyl sites for hydroxylation is 1. The molecule has 6 nitrogen and oxygen atoms in total. The van der Waals surface area contributed by atoms with Gasteiger partial charge in [0.25, 0.3) is 0 Å². The molecule has 176 valence electrons. The lowest BCUT2D eigenvalue weighted by Crippen LogP contribution is -2.28. The van der Waals surface area contributed by atoms with E-state index >= 15 is 0 Å². The number of nitrogens with two attached hydrogens (primary N) is 1. The van der Waals surface area contributed by atoms with Crippen LogP contribution in [0.25, 0.3) is 22.5 Å². The Morgan fingerprint density at radius 3 is 2.62 bits per heavy atom. The molecule has 6 rings (SSSR count). The minimum Gasteiger partial charge on any atom is -0.478 e. The second-order valence-corrected chi connectivity index (χ2v) is 10.2. The van der Waals surface area contributed by atoms with Gasteiger partial charge in [-0.05, 0) is 80.3 Å². The summed E-state index contributed by atoms with van der Waals surface area (Å²) in [5.41, 5.74) is 14.9. The number of aromatic amines is 1. The topological polar surface area (TPSA) is 95.2 Å². The summed E-state index contributed by atoms with van der Waals surface area (Å²) in [5.74, 6) is -0.500. The molecule has 6 heteroatoms. The highest BCUT2D eigenvalue weighted by atomic mass is 16.4. The van der Waals surface area contributed by atoms with Crippen LogP contribution >= 0.6 is 0 Å². The van der Waals surface area contributed by atoms with Gasteiger partial charge in [-0.25, -0.2) is 4.79 Å². The van der Waals surface area contributed by atoms with Crippen LogP contribution in [0.2, 0.25) is 0 Å². The van der Waals surface area contributed by atoms with E-state index in [1.54, 1.807) is 0 Å². The Kier molecular flexibility index (Phi) is 5.50. The molecule has 4 N–H and O–H groups in total. The lowest BCUT2D eigenvalue weighted by Gasteiger charge is -2.26. The molecule has 1 saturated heterocycles. The number of rotatable bonds is 6. The van der Waals surface area contributed by atoms with E-state index in [0.29, 0.717) is 23.6 Å². The number of piperidine rings is 1. The Morgan fingerprint density at radius 1 is 1.15 bits per heavy atom. The number of nitrogens with zero attached hydrogens (tertiary/aromatic N) is 2. The average molecular weight is 457 g/mol. The quantitative estimate of drug-likeness (QED) is 0.489. The molecule has 0 radical (unpaired) electrons. The minimum absolute atomic E-state index is 0.242. The molecule has 0 spiro atoms. The molecule has 1 saturated carbocycles. The van der Waals surface area contributed by atoms with Crippen LogP contribution in [0.4, 0.5) is 0 Å². The summed E-state index contributed by atoms with van der Waals surface area (Å²) in [4.78, 5) is 22.9.